The van der Waals surface area contributed by atoms with E-state index in [0.717, 1.165) is 5.56 Å². The second kappa shape index (κ2) is 4.96. The van der Waals surface area contributed by atoms with Crippen LogP contribution in [-0.2, 0) is 16.0 Å². The van der Waals surface area contributed by atoms with Crippen molar-refractivity contribution in [2.45, 2.75) is 12.8 Å². The molecule has 4 heteroatoms. The maximum absolute atomic E-state index is 12.7. The van der Waals surface area contributed by atoms with Crippen molar-refractivity contribution in [1.29, 1.82) is 0 Å². The molecule has 0 bridgehead atoms. The van der Waals surface area contributed by atoms with Crippen molar-refractivity contribution in [3.8, 4) is 0 Å². The SMILES string of the molecule is COC(=O)CCc1ccc(F)c(Cl)c1. The average Bonchev–Trinajstić information content (AvgIpc) is 2.19. The van der Waals surface area contributed by atoms with Gasteiger partial charge in [0.1, 0.15) is 5.82 Å². The Labute approximate surface area is 86.6 Å². The Morgan fingerprint density at radius 2 is 2.29 bits per heavy atom. The fourth-order valence-corrected chi connectivity index (χ4v) is 1.25. The number of benzene rings is 1. The molecule has 0 saturated carbocycles. The normalized spacial score (nSPS) is 9.93. The third kappa shape index (κ3) is 3.00. The van der Waals surface area contributed by atoms with Gasteiger partial charge in [-0.1, -0.05) is 17.7 Å². The van der Waals surface area contributed by atoms with Gasteiger partial charge in [-0.3, -0.25) is 4.79 Å². The van der Waals surface area contributed by atoms with Gasteiger partial charge < -0.3 is 4.74 Å². The molecule has 1 aromatic rings. The van der Waals surface area contributed by atoms with E-state index in [2.05, 4.69) is 4.74 Å². The zero-order chi connectivity index (χ0) is 10.6. The van der Waals surface area contributed by atoms with Crippen molar-refractivity contribution >= 4 is 17.6 Å². The number of methoxy groups -OCH3 is 1. The smallest absolute Gasteiger partial charge is 0.305 e. The number of halogens is 2. The largest absolute Gasteiger partial charge is 0.469 e. The molecular weight excluding hydrogens is 207 g/mol. The summed E-state index contributed by atoms with van der Waals surface area (Å²) >= 11 is 5.57. The van der Waals surface area contributed by atoms with E-state index >= 15 is 0 Å². The lowest BCUT2D eigenvalue weighted by molar-refractivity contribution is -0.140. The van der Waals surface area contributed by atoms with Crippen LogP contribution in [0.2, 0.25) is 5.02 Å². The Morgan fingerprint density at radius 1 is 1.57 bits per heavy atom. The van der Waals surface area contributed by atoms with Crippen LogP contribution >= 0.6 is 11.6 Å². The van der Waals surface area contributed by atoms with Gasteiger partial charge in [0.2, 0.25) is 0 Å². The van der Waals surface area contributed by atoms with Crippen LogP contribution in [-0.4, -0.2) is 13.1 Å². The molecule has 0 amide bonds. The van der Waals surface area contributed by atoms with Crippen LogP contribution in [0.4, 0.5) is 4.39 Å². The molecule has 0 radical (unpaired) electrons. The summed E-state index contributed by atoms with van der Waals surface area (Å²) in [4.78, 5) is 10.8. The van der Waals surface area contributed by atoms with Gasteiger partial charge >= 0.3 is 5.97 Å². The number of esters is 1. The number of carbonyl (C=O) groups is 1. The second-order valence-corrected chi connectivity index (χ2v) is 3.23. The molecule has 0 N–H and O–H groups in total. The minimum Gasteiger partial charge on any atom is -0.469 e. The van der Waals surface area contributed by atoms with Crippen molar-refractivity contribution in [3.05, 3.63) is 34.6 Å². The van der Waals surface area contributed by atoms with Gasteiger partial charge in [-0.25, -0.2) is 4.39 Å². The molecule has 14 heavy (non-hydrogen) atoms. The third-order valence-corrected chi connectivity index (χ3v) is 2.12. The lowest BCUT2D eigenvalue weighted by atomic mass is 10.1. The summed E-state index contributed by atoms with van der Waals surface area (Å²) in [5, 5.41) is 0.0763. The third-order valence-electron chi connectivity index (χ3n) is 1.83. The molecule has 0 heterocycles. The van der Waals surface area contributed by atoms with Gasteiger partial charge in [0.15, 0.2) is 0 Å². The molecule has 1 rings (SSSR count). The molecule has 0 aliphatic rings. The monoisotopic (exact) mass is 216 g/mol. The Hall–Kier alpha value is -1.09. The molecule has 0 spiro atoms. The Kier molecular flexibility index (Phi) is 3.89. The molecule has 0 aromatic heterocycles. The van der Waals surface area contributed by atoms with Gasteiger partial charge in [0.05, 0.1) is 12.1 Å². The summed E-state index contributed by atoms with van der Waals surface area (Å²) in [6.45, 7) is 0. The first-order valence-electron chi connectivity index (χ1n) is 4.14. The van der Waals surface area contributed by atoms with Crippen molar-refractivity contribution < 1.29 is 13.9 Å². The highest BCUT2D eigenvalue weighted by Gasteiger charge is 2.04. The number of rotatable bonds is 3. The zero-order valence-corrected chi connectivity index (χ0v) is 8.47. The van der Waals surface area contributed by atoms with Crippen LogP contribution in [0.5, 0.6) is 0 Å². The first kappa shape index (κ1) is 11.0. The quantitative estimate of drug-likeness (QED) is 0.726. The molecule has 0 aliphatic heterocycles. The minimum absolute atomic E-state index is 0.0763. The summed E-state index contributed by atoms with van der Waals surface area (Å²) in [6, 6.07) is 4.40. The maximum atomic E-state index is 12.7. The fourth-order valence-electron chi connectivity index (χ4n) is 1.04. The molecule has 1 aromatic carbocycles. The van der Waals surface area contributed by atoms with Crippen LogP contribution in [0, 0.1) is 5.82 Å². The standard InChI is InChI=1S/C10H10ClFO2/c1-14-10(13)5-3-7-2-4-9(12)8(11)6-7/h2,4,6H,3,5H2,1H3. The molecule has 0 atom stereocenters. The Bertz CT molecular complexity index is 339. The molecule has 0 unspecified atom stereocenters. The van der Waals surface area contributed by atoms with Gasteiger partial charge in [0, 0.05) is 6.42 Å². The van der Waals surface area contributed by atoms with Crippen molar-refractivity contribution in [1.82, 2.24) is 0 Å². The topological polar surface area (TPSA) is 26.3 Å². The Morgan fingerprint density at radius 3 is 2.86 bits per heavy atom. The van der Waals surface area contributed by atoms with E-state index in [0.29, 0.717) is 6.42 Å². The van der Waals surface area contributed by atoms with E-state index in [1.807, 2.05) is 0 Å². The fraction of sp³-hybridized carbons (Fsp3) is 0.300. The van der Waals surface area contributed by atoms with Crippen LogP contribution in [0.15, 0.2) is 18.2 Å². The summed E-state index contributed by atoms with van der Waals surface area (Å²) in [5.41, 5.74) is 0.821. The highest BCUT2D eigenvalue weighted by atomic mass is 35.5. The van der Waals surface area contributed by atoms with Crippen LogP contribution in [0.3, 0.4) is 0 Å². The van der Waals surface area contributed by atoms with E-state index < -0.39 is 5.82 Å². The van der Waals surface area contributed by atoms with Crippen molar-refractivity contribution in [2.24, 2.45) is 0 Å². The summed E-state index contributed by atoms with van der Waals surface area (Å²) in [5.74, 6) is -0.737. The summed E-state index contributed by atoms with van der Waals surface area (Å²) < 4.78 is 17.2. The van der Waals surface area contributed by atoms with Gasteiger partial charge in [0.25, 0.3) is 0 Å². The number of hydrogen-bond acceptors (Lipinski definition) is 2. The van der Waals surface area contributed by atoms with Crippen LogP contribution in [0.1, 0.15) is 12.0 Å². The molecule has 2 nitrogen and oxygen atoms in total. The molecule has 76 valence electrons. The average molecular weight is 217 g/mol. The van der Waals surface area contributed by atoms with Crippen molar-refractivity contribution in [2.75, 3.05) is 7.11 Å². The maximum Gasteiger partial charge on any atom is 0.305 e. The van der Waals surface area contributed by atoms with Crippen LogP contribution in [0.25, 0.3) is 0 Å². The van der Waals surface area contributed by atoms with Crippen LogP contribution < -0.4 is 0 Å². The molecule has 0 aliphatic carbocycles. The Balaban J connectivity index is 2.60. The number of carbonyl (C=O) groups excluding carboxylic acids is 1. The molecule has 0 fully saturated rings. The highest BCUT2D eigenvalue weighted by molar-refractivity contribution is 6.30. The number of hydrogen-bond donors (Lipinski definition) is 0. The predicted molar refractivity (Wildman–Crippen MR) is 51.7 cm³/mol. The first-order chi connectivity index (χ1) is 6.63. The highest BCUT2D eigenvalue weighted by Crippen LogP contribution is 2.16. The van der Waals surface area contributed by atoms with Gasteiger partial charge in [-0.05, 0) is 24.1 Å². The van der Waals surface area contributed by atoms with Gasteiger partial charge in [-0.15, -0.1) is 0 Å². The van der Waals surface area contributed by atoms with E-state index in [1.54, 1.807) is 6.07 Å². The van der Waals surface area contributed by atoms with E-state index in [-0.39, 0.29) is 17.4 Å². The lowest BCUT2D eigenvalue weighted by Crippen LogP contribution is -2.01. The summed E-state index contributed by atoms with van der Waals surface area (Å²) in [7, 11) is 1.33. The van der Waals surface area contributed by atoms with Gasteiger partial charge in [-0.2, -0.15) is 0 Å². The second-order valence-electron chi connectivity index (χ2n) is 2.82. The molecular formula is C10H10ClFO2. The molecule has 0 saturated heterocycles. The minimum atomic E-state index is -0.450. The number of aryl methyl sites for hydroxylation is 1. The van der Waals surface area contributed by atoms with E-state index in [4.69, 9.17) is 11.6 Å². The van der Waals surface area contributed by atoms with E-state index in [9.17, 15) is 9.18 Å². The number of ether oxygens (including phenoxy) is 1. The predicted octanol–water partition coefficient (Wildman–Crippen LogP) is 2.58. The van der Waals surface area contributed by atoms with Crippen molar-refractivity contribution in [3.63, 3.8) is 0 Å². The summed E-state index contributed by atoms with van der Waals surface area (Å²) in [6.07, 6.45) is 0.783. The lowest BCUT2D eigenvalue weighted by Gasteiger charge is -2.01. The van der Waals surface area contributed by atoms with E-state index in [1.165, 1.54) is 19.2 Å². The first-order valence-corrected chi connectivity index (χ1v) is 4.52. The zero-order valence-electron chi connectivity index (χ0n) is 7.72.